The van der Waals surface area contributed by atoms with Crippen LogP contribution in [0.25, 0.3) is 0 Å². The van der Waals surface area contributed by atoms with Crippen LogP contribution in [-0.2, 0) is 0 Å². The van der Waals surface area contributed by atoms with Gasteiger partial charge in [0.05, 0.1) is 11.9 Å². The fraction of sp³-hybridized carbons (Fsp3) is 0.583. The van der Waals surface area contributed by atoms with E-state index in [0.29, 0.717) is 6.04 Å². The zero-order valence-corrected chi connectivity index (χ0v) is 9.56. The van der Waals surface area contributed by atoms with E-state index < -0.39 is 0 Å². The van der Waals surface area contributed by atoms with Gasteiger partial charge in [0.15, 0.2) is 0 Å². The molecule has 0 saturated carbocycles. The summed E-state index contributed by atoms with van der Waals surface area (Å²) in [4.78, 5) is 8.89. The Bertz CT molecular complexity index is 299. The highest BCUT2D eigenvalue weighted by molar-refractivity contribution is 5.42. The SMILES string of the molecule is CN(C[C@H]1CCCN1C)c1cccnc1. The minimum absolute atomic E-state index is 0.704. The molecule has 2 rings (SSSR count). The molecule has 1 aliphatic rings. The zero-order chi connectivity index (χ0) is 10.7. The Hall–Kier alpha value is -1.09. The molecular formula is C12H19N3. The summed E-state index contributed by atoms with van der Waals surface area (Å²) >= 11 is 0. The van der Waals surface area contributed by atoms with E-state index in [4.69, 9.17) is 0 Å². The van der Waals surface area contributed by atoms with Crippen molar-refractivity contribution in [1.82, 2.24) is 9.88 Å². The van der Waals surface area contributed by atoms with Gasteiger partial charge in [-0.25, -0.2) is 0 Å². The second-order valence-corrected chi connectivity index (χ2v) is 4.37. The van der Waals surface area contributed by atoms with E-state index in [1.54, 1.807) is 0 Å². The van der Waals surface area contributed by atoms with Crippen molar-refractivity contribution in [3.05, 3.63) is 24.5 Å². The van der Waals surface area contributed by atoms with Crippen molar-refractivity contribution in [3.63, 3.8) is 0 Å². The molecule has 82 valence electrons. The maximum Gasteiger partial charge on any atom is 0.0550 e. The molecule has 2 heterocycles. The Morgan fingerprint density at radius 1 is 1.60 bits per heavy atom. The number of likely N-dealkylation sites (N-methyl/N-ethyl adjacent to an activating group) is 2. The summed E-state index contributed by atoms with van der Waals surface area (Å²) in [5.41, 5.74) is 1.21. The largest absolute Gasteiger partial charge is 0.372 e. The zero-order valence-electron chi connectivity index (χ0n) is 9.56. The number of aromatic nitrogens is 1. The first-order valence-corrected chi connectivity index (χ1v) is 5.59. The van der Waals surface area contributed by atoms with Gasteiger partial charge in [-0.15, -0.1) is 0 Å². The number of hydrogen-bond donors (Lipinski definition) is 0. The van der Waals surface area contributed by atoms with Crippen molar-refractivity contribution in [1.29, 1.82) is 0 Å². The number of rotatable bonds is 3. The maximum atomic E-state index is 4.14. The smallest absolute Gasteiger partial charge is 0.0550 e. The van der Waals surface area contributed by atoms with Crippen LogP contribution in [0.3, 0.4) is 0 Å². The molecule has 1 aromatic heterocycles. The van der Waals surface area contributed by atoms with Crippen LogP contribution in [-0.4, -0.2) is 43.1 Å². The van der Waals surface area contributed by atoms with E-state index >= 15 is 0 Å². The van der Waals surface area contributed by atoms with Crippen LogP contribution in [0.15, 0.2) is 24.5 Å². The highest BCUT2D eigenvalue weighted by Crippen LogP contribution is 2.18. The summed E-state index contributed by atoms with van der Waals surface area (Å²) in [5, 5.41) is 0. The molecule has 0 bridgehead atoms. The molecule has 1 aromatic rings. The highest BCUT2D eigenvalue weighted by Gasteiger charge is 2.21. The Morgan fingerprint density at radius 3 is 3.07 bits per heavy atom. The average molecular weight is 205 g/mol. The van der Waals surface area contributed by atoms with Gasteiger partial charge >= 0.3 is 0 Å². The van der Waals surface area contributed by atoms with Crippen molar-refractivity contribution >= 4 is 5.69 Å². The molecule has 1 atom stereocenters. The molecule has 1 aliphatic heterocycles. The molecule has 0 radical (unpaired) electrons. The number of likely N-dealkylation sites (tertiary alicyclic amines) is 1. The van der Waals surface area contributed by atoms with Crippen molar-refractivity contribution < 1.29 is 0 Å². The molecule has 0 aliphatic carbocycles. The number of nitrogens with zero attached hydrogens (tertiary/aromatic N) is 3. The number of pyridine rings is 1. The van der Waals surface area contributed by atoms with Crippen LogP contribution in [0, 0.1) is 0 Å². The molecular weight excluding hydrogens is 186 g/mol. The van der Waals surface area contributed by atoms with Crippen LogP contribution in [0.2, 0.25) is 0 Å². The minimum Gasteiger partial charge on any atom is -0.372 e. The molecule has 0 amide bonds. The van der Waals surface area contributed by atoms with E-state index in [9.17, 15) is 0 Å². The third-order valence-electron chi connectivity index (χ3n) is 3.24. The third-order valence-corrected chi connectivity index (χ3v) is 3.24. The summed E-state index contributed by atoms with van der Waals surface area (Å²) < 4.78 is 0. The molecule has 0 unspecified atom stereocenters. The van der Waals surface area contributed by atoms with Gasteiger partial charge in [0.1, 0.15) is 0 Å². The van der Waals surface area contributed by atoms with Crippen LogP contribution in [0.1, 0.15) is 12.8 Å². The Morgan fingerprint density at radius 2 is 2.47 bits per heavy atom. The van der Waals surface area contributed by atoms with Gasteiger partial charge in [0, 0.05) is 25.8 Å². The van der Waals surface area contributed by atoms with Crippen molar-refractivity contribution in [3.8, 4) is 0 Å². The lowest BCUT2D eigenvalue weighted by atomic mass is 10.2. The van der Waals surface area contributed by atoms with Gasteiger partial charge in [-0.2, -0.15) is 0 Å². The number of anilines is 1. The van der Waals surface area contributed by atoms with Gasteiger partial charge < -0.3 is 9.80 Å². The van der Waals surface area contributed by atoms with Crippen LogP contribution in [0.5, 0.6) is 0 Å². The average Bonchev–Trinajstić information content (AvgIpc) is 2.66. The van der Waals surface area contributed by atoms with Gasteiger partial charge in [-0.05, 0) is 38.6 Å². The normalized spacial score (nSPS) is 21.9. The fourth-order valence-corrected chi connectivity index (χ4v) is 2.21. The van der Waals surface area contributed by atoms with Crippen molar-refractivity contribution in [2.24, 2.45) is 0 Å². The lowest BCUT2D eigenvalue weighted by Crippen LogP contribution is -2.36. The first-order chi connectivity index (χ1) is 7.27. The molecule has 0 spiro atoms. The molecule has 0 N–H and O–H groups in total. The molecule has 1 fully saturated rings. The van der Waals surface area contributed by atoms with E-state index in [-0.39, 0.29) is 0 Å². The Kier molecular flexibility index (Phi) is 3.21. The summed E-state index contributed by atoms with van der Waals surface area (Å²) in [6, 6.07) is 4.81. The summed E-state index contributed by atoms with van der Waals surface area (Å²) in [5.74, 6) is 0. The van der Waals surface area contributed by atoms with E-state index in [0.717, 1.165) is 6.54 Å². The second kappa shape index (κ2) is 4.62. The third kappa shape index (κ3) is 2.48. The van der Waals surface area contributed by atoms with Crippen LogP contribution >= 0.6 is 0 Å². The van der Waals surface area contributed by atoms with Crippen LogP contribution in [0.4, 0.5) is 5.69 Å². The van der Waals surface area contributed by atoms with Gasteiger partial charge in [-0.1, -0.05) is 0 Å². The monoisotopic (exact) mass is 205 g/mol. The van der Waals surface area contributed by atoms with Gasteiger partial charge in [-0.3, -0.25) is 4.98 Å². The van der Waals surface area contributed by atoms with Crippen LogP contribution < -0.4 is 4.90 Å². The summed E-state index contributed by atoms with van der Waals surface area (Å²) in [7, 11) is 4.36. The first-order valence-electron chi connectivity index (χ1n) is 5.59. The van der Waals surface area contributed by atoms with E-state index in [1.807, 2.05) is 18.5 Å². The van der Waals surface area contributed by atoms with Gasteiger partial charge in [0.25, 0.3) is 0 Å². The lowest BCUT2D eigenvalue weighted by Gasteiger charge is -2.26. The highest BCUT2D eigenvalue weighted by atomic mass is 15.2. The Balaban J connectivity index is 1.95. The van der Waals surface area contributed by atoms with Crippen molar-refractivity contribution in [2.75, 3.05) is 32.1 Å². The minimum atomic E-state index is 0.704. The second-order valence-electron chi connectivity index (χ2n) is 4.37. The summed E-state index contributed by atoms with van der Waals surface area (Å²) in [6.07, 6.45) is 6.40. The molecule has 1 saturated heterocycles. The predicted octanol–water partition coefficient (Wildman–Crippen LogP) is 1.61. The van der Waals surface area contributed by atoms with Gasteiger partial charge in [0.2, 0.25) is 0 Å². The standard InChI is InChI=1S/C12H19N3/c1-14-8-4-6-12(14)10-15(2)11-5-3-7-13-9-11/h3,5,7,9,12H,4,6,8,10H2,1-2H3/t12-/m1/s1. The first kappa shape index (κ1) is 10.4. The lowest BCUT2D eigenvalue weighted by molar-refractivity contribution is 0.314. The van der Waals surface area contributed by atoms with E-state index in [1.165, 1.54) is 25.1 Å². The molecule has 3 nitrogen and oxygen atoms in total. The topological polar surface area (TPSA) is 19.4 Å². The Labute approximate surface area is 91.7 Å². The molecule has 3 heteroatoms. The maximum absolute atomic E-state index is 4.14. The van der Waals surface area contributed by atoms with E-state index in [2.05, 4.69) is 34.9 Å². The van der Waals surface area contributed by atoms with Crippen molar-refractivity contribution in [2.45, 2.75) is 18.9 Å². The molecule has 0 aromatic carbocycles. The predicted molar refractivity (Wildman–Crippen MR) is 63.2 cm³/mol. The fourth-order valence-electron chi connectivity index (χ4n) is 2.21. The quantitative estimate of drug-likeness (QED) is 0.747. The molecule has 15 heavy (non-hydrogen) atoms. The summed E-state index contributed by atoms with van der Waals surface area (Å²) in [6.45, 7) is 2.34. The number of hydrogen-bond acceptors (Lipinski definition) is 3.